The molecule has 1 fully saturated rings. The average Bonchev–Trinajstić information content (AvgIpc) is 2.66. The normalized spacial score (nSPS) is 14.8. The Morgan fingerprint density at radius 3 is 2.54 bits per heavy atom. The third-order valence-electron chi connectivity index (χ3n) is 4.27. The first-order valence-corrected chi connectivity index (χ1v) is 9.10. The quantitative estimate of drug-likeness (QED) is 0.272. The van der Waals surface area contributed by atoms with Gasteiger partial charge in [0, 0.05) is 40.4 Å². The van der Waals surface area contributed by atoms with E-state index in [9.17, 15) is 0 Å². The van der Waals surface area contributed by atoms with E-state index in [1.165, 1.54) is 11.1 Å². The number of guanidine groups is 1. The zero-order valence-corrected chi connectivity index (χ0v) is 18.3. The summed E-state index contributed by atoms with van der Waals surface area (Å²) in [5, 5.41) is 3.44. The molecule has 1 saturated heterocycles. The maximum atomic E-state index is 5.48. The van der Waals surface area contributed by atoms with E-state index in [1.54, 1.807) is 7.11 Å². The van der Waals surface area contributed by atoms with E-state index >= 15 is 0 Å². The number of halogens is 1. The maximum Gasteiger partial charge on any atom is 0.193 e. The molecule has 6 heteroatoms. The first kappa shape index (κ1) is 22.9. The highest BCUT2D eigenvalue weighted by Crippen LogP contribution is 2.19. The van der Waals surface area contributed by atoms with Crippen molar-refractivity contribution in [3.05, 3.63) is 41.5 Å². The Hall–Kier alpha value is -1.12. The van der Waals surface area contributed by atoms with E-state index < -0.39 is 0 Å². The molecule has 0 atom stereocenters. The van der Waals surface area contributed by atoms with E-state index in [4.69, 9.17) is 9.47 Å². The first-order valence-electron chi connectivity index (χ1n) is 9.10. The topological polar surface area (TPSA) is 46.1 Å². The van der Waals surface area contributed by atoms with Crippen molar-refractivity contribution in [1.29, 1.82) is 0 Å². The lowest BCUT2D eigenvalue weighted by Crippen LogP contribution is -2.44. The van der Waals surface area contributed by atoms with E-state index in [0.29, 0.717) is 13.2 Å². The van der Waals surface area contributed by atoms with Crippen LogP contribution < -0.4 is 5.32 Å². The van der Waals surface area contributed by atoms with Crippen LogP contribution in [0, 0.1) is 0 Å². The van der Waals surface area contributed by atoms with Gasteiger partial charge >= 0.3 is 0 Å². The highest BCUT2D eigenvalue weighted by Gasteiger charge is 2.16. The maximum absolute atomic E-state index is 5.48. The number of hydrogen-bond acceptors (Lipinski definition) is 3. The number of benzene rings is 1. The van der Waals surface area contributed by atoms with E-state index in [1.807, 2.05) is 7.05 Å². The summed E-state index contributed by atoms with van der Waals surface area (Å²) in [7, 11) is 3.54. The van der Waals surface area contributed by atoms with Crippen LogP contribution >= 0.6 is 24.0 Å². The van der Waals surface area contributed by atoms with Gasteiger partial charge in [-0.1, -0.05) is 42.0 Å². The van der Waals surface area contributed by atoms with Crippen LogP contribution in [-0.2, 0) is 9.47 Å². The van der Waals surface area contributed by atoms with Gasteiger partial charge in [0.05, 0.1) is 13.2 Å². The van der Waals surface area contributed by atoms with E-state index in [0.717, 1.165) is 51.5 Å². The van der Waals surface area contributed by atoms with Gasteiger partial charge in [-0.3, -0.25) is 4.99 Å². The number of aliphatic imine (C=N–C) groups is 1. The molecule has 0 radical (unpaired) electrons. The van der Waals surface area contributed by atoms with Crippen LogP contribution in [0.25, 0.3) is 6.08 Å². The standard InChI is InChI=1S/C20H31N3O2.HI/c1-21-20(22-11-6-14-25-16-15-24-2)23-12-9-19(10-13-23)17-18-7-4-3-5-8-18;/h3-5,7-8,17H,6,9-16H2,1-2H3,(H,21,22);1H. The van der Waals surface area contributed by atoms with Crippen molar-refractivity contribution in [1.82, 2.24) is 10.2 Å². The molecule has 0 bridgehead atoms. The van der Waals surface area contributed by atoms with Gasteiger partial charge in [-0.15, -0.1) is 24.0 Å². The minimum Gasteiger partial charge on any atom is -0.382 e. The van der Waals surface area contributed by atoms with Crippen molar-refractivity contribution in [3.63, 3.8) is 0 Å². The Balaban J connectivity index is 0.00000338. The van der Waals surface area contributed by atoms with Gasteiger partial charge in [0.2, 0.25) is 0 Å². The minimum absolute atomic E-state index is 0. The largest absolute Gasteiger partial charge is 0.382 e. The van der Waals surface area contributed by atoms with Crippen molar-refractivity contribution in [3.8, 4) is 0 Å². The molecule has 0 spiro atoms. The fourth-order valence-electron chi connectivity index (χ4n) is 2.89. The number of likely N-dealkylation sites (tertiary alicyclic amines) is 1. The van der Waals surface area contributed by atoms with Crippen molar-refractivity contribution < 1.29 is 9.47 Å². The lowest BCUT2D eigenvalue weighted by molar-refractivity contribution is 0.0698. The lowest BCUT2D eigenvalue weighted by atomic mass is 10.0. The SMILES string of the molecule is CN=C(NCCCOCCOC)N1CCC(=Cc2ccccc2)CC1.I. The van der Waals surface area contributed by atoms with Crippen molar-refractivity contribution in [2.75, 3.05) is 53.6 Å². The van der Waals surface area contributed by atoms with Crippen LogP contribution in [0.3, 0.4) is 0 Å². The molecule has 1 aliphatic heterocycles. The Labute approximate surface area is 174 Å². The van der Waals surface area contributed by atoms with E-state index in [-0.39, 0.29) is 24.0 Å². The highest BCUT2D eigenvalue weighted by molar-refractivity contribution is 14.0. The number of ether oxygens (including phenoxy) is 2. The predicted molar refractivity (Wildman–Crippen MR) is 119 cm³/mol. The summed E-state index contributed by atoms with van der Waals surface area (Å²) in [6, 6.07) is 10.6. The summed E-state index contributed by atoms with van der Waals surface area (Å²) in [5.74, 6) is 0.996. The van der Waals surface area contributed by atoms with Gasteiger partial charge in [0.25, 0.3) is 0 Å². The van der Waals surface area contributed by atoms with Crippen molar-refractivity contribution in [2.24, 2.45) is 4.99 Å². The van der Waals surface area contributed by atoms with Crippen molar-refractivity contribution in [2.45, 2.75) is 19.3 Å². The molecule has 0 aliphatic carbocycles. The Kier molecular flexibility index (Phi) is 12.3. The summed E-state index contributed by atoms with van der Waals surface area (Å²) in [4.78, 5) is 6.76. The molecule has 1 N–H and O–H groups in total. The molecule has 1 aromatic carbocycles. The lowest BCUT2D eigenvalue weighted by Gasteiger charge is -2.31. The second-order valence-electron chi connectivity index (χ2n) is 6.13. The molecule has 26 heavy (non-hydrogen) atoms. The summed E-state index contributed by atoms with van der Waals surface area (Å²) in [6.07, 6.45) is 5.48. The number of piperidine rings is 1. The summed E-state index contributed by atoms with van der Waals surface area (Å²) < 4.78 is 10.4. The van der Waals surface area contributed by atoms with Crippen LogP contribution in [0.1, 0.15) is 24.8 Å². The third kappa shape index (κ3) is 8.51. The molecular weight excluding hydrogens is 441 g/mol. The first-order chi connectivity index (χ1) is 12.3. The highest BCUT2D eigenvalue weighted by atomic mass is 127. The van der Waals surface area contributed by atoms with Crippen LogP contribution in [-0.4, -0.2) is 64.5 Å². The number of nitrogens with one attached hydrogen (secondary N) is 1. The fourth-order valence-corrected chi connectivity index (χ4v) is 2.89. The van der Waals surface area contributed by atoms with Gasteiger partial charge < -0.3 is 19.7 Å². The van der Waals surface area contributed by atoms with Crippen LogP contribution in [0.5, 0.6) is 0 Å². The van der Waals surface area contributed by atoms with E-state index in [2.05, 4.69) is 51.6 Å². The van der Waals surface area contributed by atoms with Gasteiger partial charge in [-0.25, -0.2) is 0 Å². The molecule has 0 saturated carbocycles. The molecule has 5 nitrogen and oxygen atoms in total. The predicted octanol–water partition coefficient (Wildman–Crippen LogP) is 3.41. The number of methoxy groups -OCH3 is 1. The van der Waals surface area contributed by atoms with Gasteiger partial charge in [0.1, 0.15) is 0 Å². The van der Waals surface area contributed by atoms with Gasteiger partial charge in [-0.05, 0) is 24.8 Å². The summed E-state index contributed by atoms with van der Waals surface area (Å²) >= 11 is 0. The Morgan fingerprint density at radius 2 is 1.88 bits per heavy atom. The third-order valence-corrected chi connectivity index (χ3v) is 4.27. The summed E-state index contributed by atoms with van der Waals surface area (Å²) in [6.45, 7) is 4.97. The summed E-state index contributed by atoms with van der Waals surface area (Å²) in [5.41, 5.74) is 2.81. The molecule has 0 amide bonds. The van der Waals surface area contributed by atoms with Gasteiger partial charge in [-0.2, -0.15) is 0 Å². The molecule has 2 rings (SSSR count). The number of rotatable bonds is 8. The molecule has 146 valence electrons. The van der Waals surface area contributed by atoms with Crippen LogP contribution in [0.15, 0.2) is 40.9 Å². The second-order valence-corrected chi connectivity index (χ2v) is 6.13. The number of nitrogens with zero attached hydrogens (tertiary/aromatic N) is 2. The minimum atomic E-state index is 0. The van der Waals surface area contributed by atoms with Gasteiger partial charge in [0.15, 0.2) is 5.96 Å². The van der Waals surface area contributed by atoms with Crippen LogP contribution in [0.4, 0.5) is 0 Å². The Bertz CT molecular complexity index is 539. The molecule has 0 unspecified atom stereocenters. The monoisotopic (exact) mass is 473 g/mol. The zero-order valence-electron chi connectivity index (χ0n) is 15.9. The van der Waals surface area contributed by atoms with Crippen molar-refractivity contribution >= 4 is 36.0 Å². The molecule has 1 aliphatic rings. The molecule has 1 heterocycles. The van der Waals surface area contributed by atoms with Crippen LogP contribution in [0.2, 0.25) is 0 Å². The molecule has 1 aromatic rings. The average molecular weight is 473 g/mol. The molecule has 0 aromatic heterocycles. The Morgan fingerprint density at radius 1 is 1.15 bits per heavy atom. The molecular formula is C20H32IN3O2. The smallest absolute Gasteiger partial charge is 0.193 e. The number of hydrogen-bond donors (Lipinski definition) is 1. The zero-order chi connectivity index (χ0) is 17.7. The second kappa shape index (κ2) is 14.0. The fraction of sp³-hybridized carbons (Fsp3) is 0.550.